The number of ether oxygens (including phenoxy) is 1. The third-order valence-electron chi connectivity index (χ3n) is 4.27. The minimum absolute atomic E-state index is 0.104. The van der Waals surface area contributed by atoms with Crippen molar-refractivity contribution in [2.24, 2.45) is 0 Å². The summed E-state index contributed by atoms with van der Waals surface area (Å²) in [5, 5.41) is -1.29. The van der Waals surface area contributed by atoms with E-state index in [-0.39, 0.29) is 18.7 Å². The zero-order valence-electron chi connectivity index (χ0n) is 14.2. The molecule has 1 aliphatic heterocycles. The Labute approximate surface area is 150 Å². The van der Waals surface area contributed by atoms with Gasteiger partial charge in [-0.05, 0) is 17.7 Å². The fraction of sp³-hybridized carbons (Fsp3) is 0.471. The van der Waals surface area contributed by atoms with E-state index in [0.29, 0.717) is 19.5 Å². The van der Waals surface area contributed by atoms with Crippen LogP contribution in [0.25, 0.3) is 0 Å². The Morgan fingerprint density at radius 3 is 2.38 bits per heavy atom. The molecule has 0 spiro atoms. The van der Waals surface area contributed by atoms with E-state index in [1.807, 2.05) is 0 Å². The maximum absolute atomic E-state index is 13.5. The second kappa shape index (κ2) is 7.89. The molecule has 0 bridgehead atoms. The van der Waals surface area contributed by atoms with Crippen molar-refractivity contribution in [3.8, 4) is 0 Å². The van der Waals surface area contributed by atoms with Crippen molar-refractivity contribution in [1.82, 2.24) is 4.90 Å². The number of halogens is 3. The molecule has 2 unspecified atom stereocenters. The highest BCUT2D eigenvalue weighted by Gasteiger charge is 2.41. The summed E-state index contributed by atoms with van der Waals surface area (Å²) in [6, 6.07) is 2.89. The topological polar surface area (TPSA) is 63.7 Å². The van der Waals surface area contributed by atoms with Crippen LogP contribution in [0.5, 0.6) is 0 Å². The molecule has 0 radical (unpaired) electrons. The van der Waals surface area contributed by atoms with Crippen molar-refractivity contribution in [3.63, 3.8) is 0 Å². The van der Waals surface area contributed by atoms with E-state index < -0.39 is 37.8 Å². The SMILES string of the molecule is C=CC(N1CCOCC1)S(=O)(=O)c1ccc(C(C)C=O)cc1C(F)(F)F. The largest absolute Gasteiger partial charge is 0.417 e. The fourth-order valence-electron chi connectivity index (χ4n) is 2.81. The van der Waals surface area contributed by atoms with Gasteiger partial charge in [-0.1, -0.05) is 19.1 Å². The van der Waals surface area contributed by atoms with Crippen LogP contribution < -0.4 is 0 Å². The van der Waals surface area contributed by atoms with Gasteiger partial charge >= 0.3 is 6.18 Å². The molecular weight excluding hydrogens is 371 g/mol. The number of carbonyl (C=O) groups excluding carboxylic acids is 1. The molecule has 144 valence electrons. The van der Waals surface area contributed by atoms with Gasteiger partial charge in [0.15, 0.2) is 9.84 Å². The molecule has 0 aromatic heterocycles. The molecule has 5 nitrogen and oxygen atoms in total. The lowest BCUT2D eigenvalue weighted by atomic mass is 10.0. The molecule has 0 N–H and O–H groups in total. The minimum Gasteiger partial charge on any atom is -0.379 e. The number of hydrogen-bond acceptors (Lipinski definition) is 5. The lowest BCUT2D eigenvalue weighted by molar-refractivity contribution is -0.140. The molecule has 26 heavy (non-hydrogen) atoms. The predicted octanol–water partition coefficient (Wildman–Crippen LogP) is 2.63. The van der Waals surface area contributed by atoms with E-state index in [4.69, 9.17) is 4.74 Å². The van der Waals surface area contributed by atoms with Gasteiger partial charge in [-0.15, -0.1) is 6.58 Å². The average Bonchev–Trinajstić information content (AvgIpc) is 2.61. The number of carbonyl (C=O) groups is 1. The van der Waals surface area contributed by atoms with E-state index in [0.717, 1.165) is 18.2 Å². The molecule has 2 rings (SSSR count). The summed E-state index contributed by atoms with van der Waals surface area (Å²) in [6.45, 7) is 6.07. The second-order valence-corrected chi connectivity index (χ2v) is 8.01. The maximum atomic E-state index is 13.5. The Morgan fingerprint density at radius 1 is 1.27 bits per heavy atom. The first-order valence-corrected chi connectivity index (χ1v) is 9.52. The molecule has 1 aliphatic rings. The molecule has 0 amide bonds. The van der Waals surface area contributed by atoms with Crippen molar-refractivity contribution in [3.05, 3.63) is 42.0 Å². The van der Waals surface area contributed by atoms with Crippen molar-refractivity contribution < 1.29 is 31.1 Å². The van der Waals surface area contributed by atoms with Crippen molar-refractivity contribution in [2.75, 3.05) is 26.3 Å². The normalized spacial score (nSPS) is 18.9. The summed E-state index contributed by atoms with van der Waals surface area (Å²) in [5.74, 6) is -0.776. The van der Waals surface area contributed by atoms with Gasteiger partial charge in [-0.2, -0.15) is 13.2 Å². The Balaban J connectivity index is 2.56. The van der Waals surface area contributed by atoms with Crippen LogP contribution in [0.3, 0.4) is 0 Å². The van der Waals surface area contributed by atoms with Crippen LogP contribution in [0.2, 0.25) is 0 Å². The highest BCUT2D eigenvalue weighted by Crippen LogP contribution is 2.37. The molecule has 1 heterocycles. The van der Waals surface area contributed by atoms with Crippen LogP contribution in [0.15, 0.2) is 35.7 Å². The Morgan fingerprint density at radius 2 is 1.88 bits per heavy atom. The molecule has 1 saturated heterocycles. The van der Waals surface area contributed by atoms with E-state index in [1.54, 1.807) is 0 Å². The van der Waals surface area contributed by atoms with E-state index in [1.165, 1.54) is 17.9 Å². The second-order valence-electron chi connectivity index (χ2n) is 6.00. The molecule has 1 fully saturated rings. The van der Waals surface area contributed by atoms with Gasteiger partial charge in [0.05, 0.1) is 23.7 Å². The third-order valence-corrected chi connectivity index (χ3v) is 6.37. The first kappa shape index (κ1) is 20.6. The van der Waals surface area contributed by atoms with E-state index in [2.05, 4.69) is 6.58 Å². The monoisotopic (exact) mass is 391 g/mol. The minimum atomic E-state index is -4.88. The van der Waals surface area contributed by atoms with Gasteiger partial charge in [0.25, 0.3) is 0 Å². The van der Waals surface area contributed by atoms with Crippen LogP contribution >= 0.6 is 0 Å². The van der Waals surface area contributed by atoms with Crippen LogP contribution in [0.1, 0.15) is 24.0 Å². The summed E-state index contributed by atoms with van der Waals surface area (Å²) in [5.41, 5.74) is -1.17. The highest BCUT2D eigenvalue weighted by atomic mass is 32.2. The Hall–Kier alpha value is -1.71. The zero-order chi connectivity index (χ0) is 19.5. The molecular formula is C17H20F3NO4S. The lowest BCUT2D eigenvalue weighted by Gasteiger charge is -2.32. The number of benzene rings is 1. The van der Waals surface area contributed by atoms with Crippen molar-refractivity contribution >= 4 is 16.1 Å². The number of nitrogens with zero attached hydrogens (tertiary/aromatic N) is 1. The van der Waals surface area contributed by atoms with E-state index in [9.17, 15) is 26.4 Å². The van der Waals surface area contributed by atoms with Gasteiger partial charge in [-0.25, -0.2) is 8.42 Å². The van der Waals surface area contributed by atoms with Crippen molar-refractivity contribution in [2.45, 2.75) is 29.3 Å². The number of alkyl halides is 3. The molecule has 9 heteroatoms. The molecule has 0 aliphatic carbocycles. The maximum Gasteiger partial charge on any atom is 0.417 e. The highest BCUT2D eigenvalue weighted by molar-refractivity contribution is 7.92. The number of aldehydes is 1. The summed E-state index contributed by atoms with van der Waals surface area (Å²) in [4.78, 5) is 11.6. The van der Waals surface area contributed by atoms with Gasteiger partial charge in [0, 0.05) is 19.0 Å². The summed E-state index contributed by atoms with van der Waals surface area (Å²) in [7, 11) is -4.37. The Bertz CT molecular complexity index is 771. The number of rotatable bonds is 6. The number of hydrogen-bond donors (Lipinski definition) is 0. The summed E-state index contributed by atoms with van der Waals surface area (Å²) < 4.78 is 71.6. The standard InChI is InChI=1S/C17H20F3NO4S/c1-3-16(21-6-8-25-9-7-21)26(23,24)15-5-4-13(12(2)11-22)10-14(15)17(18,19)20/h3-5,10-12,16H,1,6-9H2,2H3. The van der Waals surface area contributed by atoms with Crippen molar-refractivity contribution in [1.29, 1.82) is 0 Å². The van der Waals surface area contributed by atoms with Crippen LogP contribution in [-0.2, 0) is 25.5 Å². The molecule has 1 aromatic carbocycles. The van der Waals surface area contributed by atoms with Gasteiger partial charge < -0.3 is 9.53 Å². The fourth-order valence-corrected chi connectivity index (χ4v) is 4.67. The predicted molar refractivity (Wildman–Crippen MR) is 89.5 cm³/mol. The Kier molecular flexibility index (Phi) is 6.25. The quantitative estimate of drug-likeness (QED) is 0.551. The average molecular weight is 391 g/mol. The molecule has 0 saturated carbocycles. The molecule has 2 atom stereocenters. The van der Waals surface area contributed by atoms with Gasteiger partial charge in [0.1, 0.15) is 11.7 Å². The number of sulfone groups is 1. The number of morpholine rings is 1. The van der Waals surface area contributed by atoms with E-state index >= 15 is 0 Å². The smallest absolute Gasteiger partial charge is 0.379 e. The van der Waals surface area contributed by atoms with Crippen LogP contribution in [-0.4, -0.2) is 51.3 Å². The first-order valence-electron chi connectivity index (χ1n) is 7.97. The third kappa shape index (κ3) is 4.16. The summed E-state index contributed by atoms with van der Waals surface area (Å²) >= 11 is 0. The zero-order valence-corrected chi connectivity index (χ0v) is 15.0. The first-order chi connectivity index (χ1) is 12.1. The van der Waals surface area contributed by atoms with Crippen LogP contribution in [0, 0.1) is 0 Å². The van der Waals surface area contributed by atoms with Gasteiger partial charge in [0.2, 0.25) is 0 Å². The lowest BCUT2D eigenvalue weighted by Crippen LogP contribution is -2.46. The van der Waals surface area contributed by atoms with Crippen LogP contribution in [0.4, 0.5) is 13.2 Å². The summed E-state index contributed by atoms with van der Waals surface area (Å²) in [6.07, 6.45) is -3.25. The van der Waals surface area contributed by atoms with Gasteiger partial charge in [-0.3, -0.25) is 4.90 Å². The molecule has 1 aromatic rings.